The van der Waals surface area contributed by atoms with Crippen LogP contribution in [0.15, 0.2) is 57.1 Å². The summed E-state index contributed by atoms with van der Waals surface area (Å²) >= 11 is 10.5. The highest BCUT2D eigenvalue weighted by Gasteiger charge is 2.19. The number of tetrazole rings is 1. The maximum absolute atomic E-state index is 12.9. The Labute approximate surface area is 187 Å². The molecule has 11 heteroatoms. The van der Waals surface area contributed by atoms with E-state index in [0.29, 0.717) is 21.4 Å². The number of aromatic nitrogens is 6. The molecule has 4 heterocycles. The summed E-state index contributed by atoms with van der Waals surface area (Å²) in [6, 6.07) is 11.2. The number of fused-ring (bicyclic) bond motifs is 1. The first-order chi connectivity index (χ1) is 14.6. The quantitative estimate of drug-likeness (QED) is 0.354. The second-order valence-electron chi connectivity index (χ2n) is 6.37. The number of hydrogen-bond acceptors (Lipinski definition) is 8. The smallest absolute Gasteiger partial charge is 0.260 e. The van der Waals surface area contributed by atoms with Crippen LogP contribution in [0.25, 0.3) is 26.3 Å². The molecule has 0 aliphatic heterocycles. The zero-order valence-corrected chi connectivity index (χ0v) is 18.6. The predicted octanol–water partition coefficient (Wildman–Crippen LogP) is 5.20. The highest BCUT2D eigenvalue weighted by molar-refractivity contribution is 7.99. The van der Waals surface area contributed by atoms with Gasteiger partial charge in [-0.05, 0) is 53.1 Å². The lowest BCUT2D eigenvalue weighted by Gasteiger charge is -2.10. The first-order valence-corrected chi connectivity index (χ1v) is 11.9. The molecule has 150 valence electrons. The molecular formula is C19H13ClN6OS3. The fourth-order valence-electron chi connectivity index (χ4n) is 2.98. The molecule has 0 amide bonds. The number of nitrogens with zero attached hydrogens (tertiary/aromatic N) is 5. The van der Waals surface area contributed by atoms with Gasteiger partial charge in [0.05, 0.1) is 16.3 Å². The largest absolute Gasteiger partial charge is 0.309 e. The SMILES string of the molecule is CC(Sc1nnnn1-c1ccc(Cl)cc1)c1nc2scc(-c3cccs3)c2c(=O)[nH]1. The molecule has 5 rings (SSSR count). The summed E-state index contributed by atoms with van der Waals surface area (Å²) in [5, 5.41) is 17.7. The van der Waals surface area contributed by atoms with Gasteiger partial charge >= 0.3 is 0 Å². The van der Waals surface area contributed by atoms with Crippen molar-refractivity contribution in [3.63, 3.8) is 0 Å². The van der Waals surface area contributed by atoms with Crippen LogP contribution in [-0.2, 0) is 0 Å². The average molecular weight is 473 g/mol. The molecule has 1 aromatic carbocycles. The minimum atomic E-state index is -0.161. The zero-order chi connectivity index (χ0) is 20.7. The molecule has 5 aromatic rings. The van der Waals surface area contributed by atoms with Crippen LogP contribution in [0.3, 0.4) is 0 Å². The van der Waals surface area contributed by atoms with E-state index in [4.69, 9.17) is 16.6 Å². The van der Waals surface area contributed by atoms with E-state index in [-0.39, 0.29) is 10.8 Å². The summed E-state index contributed by atoms with van der Waals surface area (Å²) in [7, 11) is 0. The first-order valence-electron chi connectivity index (χ1n) is 8.86. The lowest BCUT2D eigenvalue weighted by molar-refractivity contribution is 0.754. The fourth-order valence-corrected chi connectivity index (χ4v) is 5.74. The molecule has 0 aliphatic rings. The monoisotopic (exact) mass is 472 g/mol. The minimum absolute atomic E-state index is 0.135. The Bertz CT molecular complexity index is 1370. The van der Waals surface area contributed by atoms with Gasteiger partial charge in [-0.1, -0.05) is 29.4 Å². The Morgan fingerprint density at radius 1 is 1.20 bits per heavy atom. The van der Waals surface area contributed by atoms with Crippen molar-refractivity contribution < 1.29 is 0 Å². The van der Waals surface area contributed by atoms with Gasteiger partial charge in [0.15, 0.2) is 0 Å². The lowest BCUT2D eigenvalue weighted by Crippen LogP contribution is -2.12. The van der Waals surface area contributed by atoms with E-state index < -0.39 is 0 Å². The number of thiophene rings is 2. The molecule has 0 saturated heterocycles. The number of benzene rings is 1. The predicted molar refractivity (Wildman–Crippen MR) is 122 cm³/mol. The topological polar surface area (TPSA) is 89.3 Å². The van der Waals surface area contributed by atoms with E-state index >= 15 is 0 Å². The molecule has 0 saturated carbocycles. The molecule has 7 nitrogen and oxygen atoms in total. The number of hydrogen-bond donors (Lipinski definition) is 1. The van der Waals surface area contributed by atoms with Gasteiger partial charge in [-0.15, -0.1) is 27.8 Å². The molecule has 0 aliphatic carbocycles. The van der Waals surface area contributed by atoms with Crippen molar-refractivity contribution in [1.29, 1.82) is 0 Å². The average Bonchev–Trinajstić information content (AvgIpc) is 3.49. The Morgan fingerprint density at radius 2 is 2.03 bits per heavy atom. The Balaban J connectivity index is 1.46. The zero-order valence-electron chi connectivity index (χ0n) is 15.4. The van der Waals surface area contributed by atoms with Crippen LogP contribution < -0.4 is 5.56 Å². The molecule has 0 spiro atoms. The van der Waals surface area contributed by atoms with Crippen LogP contribution in [0, 0.1) is 0 Å². The highest BCUT2D eigenvalue weighted by atomic mass is 35.5. The number of halogens is 1. The van der Waals surface area contributed by atoms with E-state index in [1.165, 1.54) is 23.1 Å². The first kappa shape index (κ1) is 19.4. The molecule has 1 N–H and O–H groups in total. The molecule has 0 radical (unpaired) electrons. The second kappa shape index (κ2) is 7.95. The van der Waals surface area contributed by atoms with Crippen molar-refractivity contribution in [3.05, 3.63) is 68.4 Å². The van der Waals surface area contributed by atoms with Crippen LogP contribution in [0.2, 0.25) is 5.02 Å². The maximum atomic E-state index is 12.9. The van der Waals surface area contributed by atoms with Crippen LogP contribution in [0.1, 0.15) is 18.0 Å². The van der Waals surface area contributed by atoms with Crippen LogP contribution in [-0.4, -0.2) is 30.2 Å². The van der Waals surface area contributed by atoms with E-state index in [2.05, 4.69) is 20.5 Å². The molecular weight excluding hydrogens is 460 g/mol. The molecule has 1 atom stereocenters. The number of H-pyrrole nitrogens is 1. The Hall–Kier alpha value is -2.53. The van der Waals surface area contributed by atoms with Gasteiger partial charge in [-0.2, -0.15) is 4.68 Å². The van der Waals surface area contributed by atoms with Gasteiger partial charge in [0.2, 0.25) is 5.16 Å². The highest BCUT2D eigenvalue weighted by Crippen LogP contribution is 2.36. The second-order valence-corrected chi connectivity index (χ2v) is 9.92. The number of rotatable bonds is 5. The summed E-state index contributed by atoms with van der Waals surface area (Å²) in [6.07, 6.45) is 0. The normalized spacial score (nSPS) is 12.5. The third-order valence-corrected chi connectivity index (χ3v) is 7.50. The fraction of sp³-hybridized carbons (Fsp3) is 0.105. The molecule has 0 bridgehead atoms. The molecule has 30 heavy (non-hydrogen) atoms. The Kier molecular flexibility index (Phi) is 5.15. The van der Waals surface area contributed by atoms with Gasteiger partial charge in [0, 0.05) is 20.8 Å². The minimum Gasteiger partial charge on any atom is -0.309 e. The summed E-state index contributed by atoms with van der Waals surface area (Å²) in [4.78, 5) is 22.3. The third-order valence-electron chi connectivity index (χ3n) is 4.43. The van der Waals surface area contributed by atoms with E-state index in [9.17, 15) is 4.79 Å². The summed E-state index contributed by atoms with van der Waals surface area (Å²) in [5.41, 5.74) is 1.59. The van der Waals surface area contributed by atoms with Crippen molar-refractivity contribution in [2.45, 2.75) is 17.3 Å². The number of thioether (sulfide) groups is 1. The summed E-state index contributed by atoms with van der Waals surface area (Å²) in [6.45, 7) is 1.96. The van der Waals surface area contributed by atoms with Crippen molar-refractivity contribution in [3.8, 4) is 16.1 Å². The van der Waals surface area contributed by atoms with Gasteiger partial charge in [0.25, 0.3) is 5.56 Å². The van der Waals surface area contributed by atoms with Crippen LogP contribution in [0.4, 0.5) is 0 Å². The maximum Gasteiger partial charge on any atom is 0.260 e. The van der Waals surface area contributed by atoms with Gasteiger partial charge in [0.1, 0.15) is 10.7 Å². The molecule has 4 aromatic heterocycles. The summed E-state index contributed by atoms with van der Waals surface area (Å²) in [5.74, 6) is 0.586. The third kappa shape index (κ3) is 3.56. The van der Waals surface area contributed by atoms with Crippen LogP contribution in [0.5, 0.6) is 0 Å². The van der Waals surface area contributed by atoms with Crippen molar-refractivity contribution >= 4 is 56.3 Å². The summed E-state index contributed by atoms with van der Waals surface area (Å²) < 4.78 is 1.63. The van der Waals surface area contributed by atoms with Gasteiger partial charge < -0.3 is 4.98 Å². The van der Waals surface area contributed by atoms with Crippen LogP contribution >= 0.6 is 46.0 Å². The number of nitrogens with one attached hydrogen (secondary N) is 1. The van der Waals surface area contributed by atoms with Crippen molar-refractivity contribution in [2.24, 2.45) is 0 Å². The standard InChI is InChI=1S/C19H13ClN6OS3/c1-10(30-19-23-24-25-26(19)12-6-4-11(20)5-7-12)16-21-17(27)15-13(9-29-18(15)22-16)14-3-2-8-28-14/h2-10H,1H3,(H,21,22,27). The molecule has 1 unspecified atom stereocenters. The van der Waals surface area contributed by atoms with E-state index in [1.54, 1.807) is 28.2 Å². The Morgan fingerprint density at radius 3 is 2.80 bits per heavy atom. The van der Waals surface area contributed by atoms with Crippen molar-refractivity contribution in [1.82, 2.24) is 30.2 Å². The lowest BCUT2D eigenvalue weighted by atomic mass is 10.2. The number of aromatic amines is 1. The molecule has 0 fully saturated rings. The van der Waals surface area contributed by atoms with E-state index in [1.807, 2.05) is 41.9 Å². The van der Waals surface area contributed by atoms with Gasteiger partial charge in [-0.25, -0.2) is 4.98 Å². The van der Waals surface area contributed by atoms with Crippen molar-refractivity contribution in [2.75, 3.05) is 0 Å². The van der Waals surface area contributed by atoms with Gasteiger partial charge in [-0.3, -0.25) is 4.79 Å². The van der Waals surface area contributed by atoms with E-state index in [0.717, 1.165) is 21.0 Å².